The molecular weight excluding hydrogens is 570 g/mol. The van der Waals surface area contributed by atoms with Crippen LogP contribution < -0.4 is 16.0 Å². The summed E-state index contributed by atoms with van der Waals surface area (Å²) in [6.07, 6.45) is 5.85. The lowest BCUT2D eigenvalue weighted by atomic mass is 9.96. The van der Waals surface area contributed by atoms with Gasteiger partial charge >= 0.3 is 0 Å². The third-order valence-electron chi connectivity index (χ3n) is 6.79. The first kappa shape index (κ1) is 30.9. The maximum atomic E-state index is 13.1. The number of carbonyl (C=O) groups excluding carboxylic acids is 4. The summed E-state index contributed by atoms with van der Waals surface area (Å²) in [5, 5.41) is 10.9. The molecule has 7 nitrogen and oxygen atoms in total. The Bertz CT molecular complexity index is 1410. The number of amides is 2. The molecule has 1 fully saturated rings. The number of nitrogens with one attached hydrogen (secondary N) is 3. The van der Waals surface area contributed by atoms with E-state index in [2.05, 4.69) is 63.1 Å². The van der Waals surface area contributed by atoms with Crippen LogP contribution in [0.15, 0.2) is 76.8 Å². The van der Waals surface area contributed by atoms with E-state index >= 15 is 0 Å². The number of hydrogen-bond donors (Lipinski definition) is 3. The molecular formula is C32H36BrN3O4. The molecule has 1 aliphatic carbocycles. The molecule has 4 rings (SSSR count). The average molecular weight is 607 g/mol. The van der Waals surface area contributed by atoms with Gasteiger partial charge in [-0.2, -0.15) is 0 Å². The molecule has 0 atom stereocenters. The first-order valence-corrected chi connectivity index (χ1v) is 14.2. The van der Waals surface area contributed by atoms with Crippen LogP contribution in [0.3, 0.4) is 0 Å². The van der Waals surface area contributed by atoms with E-state index in [9.17, 15) is 19.2 Å². The number of fused-ring (bicyclic) bond motifs is 1. The number of halogens is 1. The maximum Gasteiger partial charge on any atom is 0.284 e. The van der Waals surface area contributed by atoms with Gasteiger partial charge < -0.3 is 16.0 Å². The largest absolute Gasteiger partial charge is 0.346 e. The smallest absolute Gasteiger partial charge is 0.284 e. The Balaban J connectivity index is 0.000000342. The first-order valence-electron chi connectivity index (χ1n) is 13.4. The van der Waals surface area contributed by atoms with Gasteiger partial charge in [0.2, 0.25) is 6.29 Å². The van der Waals surface area contributed by atoms with Gasteiger partial charge in [-0.1, -0.05) is 77.8 Å². The van der Waals surface area contributed by atoms with Crippen molar-refractivity contribution in [1.29, 1.82) is 0 Å². The number of rotatable bonds is 11. The highest BCUT2D eigenvalue weighted by Crippen LogP contribution is 2.49. The van der Waals surface area contributed by atoms with Crippen LogP contribution in [-0.4, -0.2) is 37.5 Å². The van der Waals surface area contributed by atoms with Gasteiger partial charge in [0.25, 0.3) is 11.8 Å². The predicted molar refractivity (Wildman–Crippen MR) is 162 cm³/mol. The van der Waals surface area contributed by atoms with Crippen molar-refractivity contribution in [3.05, 3.63) is 93.5 Å². The normalized spacial score (nSPS) is 13.6. The van der Waals surface area contributed by atoms with Gasteiger partial charge in [-0.05, 0) is 78.9 Å². The van der Waals surface area contributed by atoms with Crippen molar-refractivity contribution in [2.24, 2.45) is 0 Å². The van der Waals surface area contributed by atoms with Crippen molar-refractivity contribution in [2.45, 2.75) is 51.6 Å². The van der Waals surface area contributed by atoms with Crippen LogP contribution in [0.25, 0.3) is 10.8 Å². The molecule has 0 aliphatic heterocycles. The molecule has 0 unspecified atom stereocenters. The highest BCUT2D eigenvalue weighted by atomic mass is 79.9. The van der Waals surface area contributed by atoms with Gasteiger partial charge in [-0.15, -0.1) is 0 Å². The zero-order chi connectivity index (χ0) is 29.1. The van der Waals surface area contributed by atoms with E-state index in [-0.39, 0.29) is 24.5 Å². The van der Waals surface area contributed by atoms with Crippen molar-refractivity contribution in [1.82, 2.24) is 16.0 Å². The van der Waals surface area contributed by atoms with Crippen LogP contribution in [0.2, 0.25) is 0 Å². The molecule has 0 radical (unpaired) electrons. The summed E-state index contributed by atoms with van der Waals surface area (Å²) in [6.45, 7) is 4.61. The Hall–Kier alpha value is -3.62. The number of aldehydes is 1. The summed E-state index contributed by atoms with van der Waals surface area (Å²) in [4.78, 5) is 45.9. The quantitative estimate of drug-likeness (QED) is 0.155. The van der Waals surface area contributed by atoms with E-state index in [1.807, 2.05) is 25.3 Å². The number of benzene rings is 3. The summed E-state index contributed by atoms with van der Waals surface area (Å²) in [5.41, 5.74) is 2.79. The van der Waals surface area contributed by atoms with Crippen LogP contribution in [0, 0.1) is 0 Å². The Kier molecular flexibility index (Phi) is 11.3. The van der Waals surface area contributed by atoms with E-state index in [0.717, 1.165) is 58.6 Å². The number of ketones is 1. The van der Waals surface area contributed by atoms with Gasteiger partial charge in [-0.3, -0.25) is 19.2 Å². The molecule has 3 N–H and O–H groups in total. The van der Waals surface area contributed by atoms with Crippen LogP contribution in [0.4, 0.5) is 0 Å². The fourth-order valence-electron chi connectivity index (χ4n) is 4.58. The lowest BCUT2D eigenvalue weighted by Gasteiger charge is -2.21. The van der Waals surface area contributed by atoms with E-state index < -0.39 is 11.4 Å². The molecule has 1 aliphatic rings. The topological polar surface area (TPSA) is 104 Å². The molecule has 3 aromatic rings. The number of allylic oxidation sites excluding steroid dienone is 1. The maximum absolute atomic E-state index is 13.1. The second-order valence-electron chi connectivity index (χ2n) is 9.80. The fraction of sp³-hybridized carbons (Fsp3) is 0.312. The van der Waals surface area contributed by atoms with Crippen LogP contribution in [0.1, 0.15) is 61.0 Å². The highest BCUT2D eigenvalue weighted by molar-refractivity contribution is 9.10. The Labute approximate surface area is 243 Å². The Morgan fingerprint density at radius 2 is 1.73 bits per heavy atom. The number of Topliss-reactive ketones (excluding diaryl/α,β-unsaturated/α-hetero) is 1. The van der Waals surface area contributed by atoms with Crippen LogP contribution in [-0.2, 0) is 26.5 Å². The lowest BCUT2D eigenvalue weighted by molar-refractivity contribution is -0.131. The van der Waals surface area contributed by atoms with E-state index in [1.54, 1.807) is 31.2 Å². The van der Waals surface area contributed by atoms with Gasteiger partial charge in [0.1, 0.15) is 0 Å². The summed E-state index contributed by atoms with van der Waals surface area (Å²) in [6, 6.07) is 19.4. The molecule has 0 heterocycles. The summed E-state index contributed by atoms with van der Waals surface area (Å²) >= 11 is 3.59. The van der Waals surface area contributed by atoms with Crippen LogP contribution >= 0.6 is 15.9 Å². The third-order valence-corrected chi connectivity index (χ3v) is 7.25. The number of likely N-dealkylation sites (N-methyl/N-ethyl adjacent to an activating group) is 1. The molecule has 3 aromatic carbocycles. The molecule has 0 aromatic heterocycles. The van der Waals surface area contributed by atoms with E-state index in [1.165, 1.54) is 0 Å². The SMILES string of the molecule is CCC/C(=C\CNC)C(C)=O.O=CC(=O)NCc1ccccc1C(=O)NC1(c2cc(Br)cc3ccccc23)CC1. The minimum Gasteiger partial charge on any atom is -0.346 e. The zero-order valence-electron chi connectivity index (χ0n) is 23.2. The third kappa shape index (κ3) is 8.19. The molecule has 0 bridgehead atoms. The standard InChI is InChI=1S/C23H19BrN2O3.C9H17NO/c24-17-11-15-5-1-3-7-18(15)20(12-17)23(9-10-23)26-22(29)19-8-4-2-6-16(19)13-25-21(28)14-27;1-4-5-9(8(2)11)6-7-10-3/h1-8,11-12,14H,9-10,13H2,(H,25,28)(H,26,29);6,10H,4-5,7H2,1-3H3/b;9-6+. The van der Waals surface area contributed by atoms with Gasteiger partial charge in [0, 0.05) is 23.1 Å². The first-order chi connectivity index (χ1) is 19.2. The summed E-state index contributed by atoms with van der Waals surface area (Å²) < 4.78 is 0.976. The van der Waals surface area contributed by atoms with E-state index in [0.29, 0.717) is 11.1 Å². The molecule has 40 heavy (non-hydrogen) atoms. The van der Waals surface area contributed by atoms with Crippen molar-refractivity contribution in [3.8, 4) is 0 Å². The number of hydrogen-bond acceptors (Lipinski definition) is 5. The van der Waals surface area contributed by atoms with Crippen molar-refractivity contribution < 1.29 is 19.2 Å². The lowest BCUT2D eigenvalue weighted by Crippen LogP contribution is -2.36. The fourth-order valence-corrected chi connectivity index (χ4v) is 5.05. The molecule has 0 spiro atoms. The van der Waals surface area contributed by atoms with Crippen molar-refractivity contribution >= 4 is 50.6 Å². The minimum atomic E-state index is -0.709. The van der Waals surface area contributed by atoms with Crippen LogP contribution in [0.5, 0.6) is 0 Å². The summed E-state index contributed by atoms with van der Waals surface area (Å²) in [5.74, 6) is -0.705. The monoisotopic (exact) mass is 605 g/mol. The Morgan fingerprint density at radius 1 is 1.02 bits per heavy atom. The molecule has 0 saturated heterocycles. The molecule has 8 heteroatoms. The van der Waals surface area contributed by atoms with Gasteiger partial charge in [0.15, 0.2) is 5.78 Å². The molecule has 1 saturated carbocycles. The molecule has 210 valence electrons. The van der Waals surface area contributed by atoms with Crippen molar-refractivity contribution in [2.75, 3.05) is 13.6 Å². The van der Waals surface area contributed by atoms with Crippen molar-refractivity contribution in [3.63, 3.8) is 0 Å². The van der Waals surface area contributed by atoms with Gasteiger partial charge in [-0.25, -0.2) is 0 Å². The second kappa shape index (κ2) is 14.7. The van der Waals surface area contributed by atoms with E-state index in [4.69, 9.17) is 0 Å². The molecule has 2 amide bonds. The highest BCUT2D eigenvalue weighted by Gasteiger charge is 2.47. The second-order valence-corrected chi connectivity index (χ2v) is 10.7. The number of carbonyl (C=O) groups is 4. The zero-order valence-corrected chi connectivity index (χ0v) is 24.8. The average Bonchev–Trinajstić information content (AvgIpc) is 3.74. The summed E-state index contributed by atoms with van der Waals surface area (Å²) in [7, 11) is 1.88. The minimum absolute atomic E-state index is 0.119. The Morgan fingerprint density at radius 3 is 2.38 bits per heavy atom. The van der Waals surface area contributed by atoms with Gasteiger partial charge in [0.05, 0.1) is 5.54 Å². The predicted octanol–water partition coefficient (Wildman–Crippen LogP) is 5.36.